The molecule has 0 radical (unpaired) electrons. The van der Waals surface area contributed by atoms with Crippen molar-refractivity contribution in [2.24, 2.45) is 29.1 Å². The van der Waals surface area contributed by atoms with Gasteiger partial charge in [-0.05, 0) is 44.7 Å². The molecule has 2 unspecified atom stereocenters. The van der Waals surface area contributed by atoms with Gasteiger partial charge in [-0.1, -0.05) is 13.3 Å². The molecule has 8 N–H and O–H groups in total. The summed E-state index contributed by atoms with van der Waals surface area (Å²) in [7, 11) is 0. The highest BCUT2D eigenvalue weighted by Gasteiger charge is 2.19. The van der Waals surface area contributed by atoms with E-state index in [1.165, 1.54) is 5.12 Å². The zero-order valence-electron chi connectivity index (χ0n) is 12.7. The fraction of sp³-hybridized carbons (Fsp3) is 0.714. The minimum Gasteiger partial charge on any atom is -0.330 e. The Morgan fingerprint density at radius 2 is 1.32 bits per heavy atom. The van der Waals surface area contributed by atoms with Crippen LogP contribution in [0.15, 0.2) is 26.3 Å². The van der Waals surface area contributed by atoms with Crippen LogP contribution in [-0.4, -0.2) is 24.2 Å². The lowest BCUT2D eigenvalue weighted by Crippen LogP contribution is -2.49. The van der Waals surface area contributed by atoms with Gasteiger partial charge in [0.2, 0.25) is 0 Å². The zero-order valence-corrected chi connectivity index (χ0v) is 12.7. The van der Waals surface area contributed by atoms with E-state index in [4.69, 9.17) is 23.2 Å². The SMILES string of the molecule is C=C.C=C.CC(CCCCN)C(CCCN)N(N)N. The number of nitrogens with two attached hydrogens (primary N) is 4. The molecule has 116 valence electrons. The van der Waals surface area contributed by atoms with E-state index in [0.29, 0.717) is 12.5 Å². The highest BCUT2D eigenvalue weighted by molar-refractivity contribution is 4.71. The first-order valence-electron chi connectivity index (χ1n) is 6.82. The molecule has 0 aromatic heterocycles. The van der Waals surface area contributed by atoms with Crippen molar-refractivity contribution in [3.05, 3.63) is 26.3 Å². The number of unbranched alkanes of at least 4 members (excludes halogenated alkanes) is 1. The van der Waals surface area contributed by atoms with Crippen LogP contribution in [0.5, 0.6) is 0 Å². The molecule has 0 bridgehead atoms. The van der Waals surface area contributed by atoms with Gasteiger partial charge in [-0.2, -0.15) is 5.12 Å². The van der Waals surface area contributed by atoms with Crippen LogP contribution in [0.2, 0.25) is 0 Å². The van der Waals surface area contributed by atoms with E-state index >= 15 is 0 Å². The quantitative estimate of drug-likeness (QED) is 0.220. The summed E-state index contributed by atoms with van der Waals surface area (Å²) in [5.41, 5.74) is 10.9. The first-order chi connectivity index (χ1) is 9.13. The predicted octanol–water partition coefficient (Wildman–Crippen LogP) is 1.51. The van der Waals surface area contributed by atoms with Crippen molar-refractivity contribution < 1.29 is 0 Å². The van der Waals surface area contributed by atoms with Gasteiger partial charge in [0, 0.05) is 6.04 Å². The predicted molar refractivity (Wildman–Crippen MR) is 86.9 cm³/mol. The number of hydrazine groups is 2. The second-order valence-corrected chi connectivity index (χ2v) is 4.21. The maximum absolute atomic E-state index is 5.63. The summed E-state index contributed by atoms with van der Waals surface area (Å²) in [4.78, 5) is 0. The minimum absolute atomic E-state index is 0.228. The van der Waals surface area contributed by atoms with E-state index in [1.54, 1.807) is 0 Å². The van der Waals surface area contributed by atoms with Crippen molar-refractivity contribution in [1.29, 1.82) is 0 Å². The van der Waals surface area contributed by atoms with Gasteiger partial charge >= 0.3 is 0 Å². The lowest BCUT2D eigenvalue weighted by Gasteiger charge is -2.29. The van der Waals surface area contributed by atoms with Crippen LogP contribution in [0.3, 0.4) is 0 Å². The summed E-state index contributed by atoms with van der Waals surface area (Å²) in [6.45, 7) is 15.6. The molecule has 0 heterocycles. The summed E-state index contributed by atoms with van der Waals surface area (Å²) >= 11 is 0. The Morgan fingerprint density at radius 1 is 0.842 bits per heavy atom. The third kappa shape index (κ3) is 15.2. The number of nitrogens with zero attached hydrogens (tertiary/aromatic N) is 1. The summed E-state index contributed by atoms with van der Waals surface area (Å²) in [6, 6.07) is 0.228. The van der Waals surface area contributed by atoms with Gasteiger partial charge in [0.05, 0.1) is 0 Å². The van der Waals surface area contributed by atoms with Gasteiger partial charge in [-0.25, -0.2) is 0 Å². The zero-order chi connectivity index (χ0) is 15.7. The summed E-state index contributed by atoms with van der Waals surface area (Å²) in [5, 5.41) is 1.34. The first-order valence-corrected chi connectivity index (χ1v) is 6.82. The molecule has 0 aliphatic rings. The first kappa shape index (κ1) is 23.4. The molecule has 19 heavy (non-hydrogen) atoms. The van der Waals surface area contributed by atoms with Crippen molar-refractivity contribution in [1.82, 2.24) is 5.12 Å². The van der Waals surface area contributed by atoms with Crippen LogP contribution in [0, 0.1) is 5.92 Å². The van der Waals surface area contributed by atoms with Crippen molar-refractivity contribution in [3.8, 4) is 0 Å². The van der Waals surface area contributed by atoms with Crippen LogP contribution < -0.4 is 23.2 Å². The molecule has 0 amide bonds. The third-order valence-electron chi connectivity index (χ3n) is 2.86. The third-order valence-corrected chi connectivity index (χ3v) is 2.86. The lowest BCUT2D eigenvalue weighted by atomic mass is 9.92. The molecule has 0 saturated carbocycles. The Kier molecular flexibility index (Phi) is 24.1. The van der Waals surface area contributed by atoms with E-state index in [2.05, 4.69) is 33.2 Å². The second-order valence-electron chi connectivity index (χ2n) is 4.21. The van der Waals surface area contributed by atoms with E-state index in [1.807, 2.05) is 0 Å². The Bertz CT molecular complexity index is 162. The average Bonchev–Trinajstić information content (AvgIpc) is 2.43. The van der Waals surface area contributed by atoms with Gasteiger partial charge in [0.25, 0.3) is 0 Å². The topological polar surface area (TPSA) is 107 Å². The van der Waals surface area contributed by atoms with Crippen molar-refractivity contribution in [2.45, 2.75) is 45.1 Å². The largest absolute Gasteiger partial charge is 0.330 e. The maximum Gasteiger partial charge on any atom is 0.0421 e. The van der Waals surface area contributed by atoms with Crippen LogP contribution in [0.4, 0.5) is 0 Å². The normalized spacial score (nSPS) is 12.7. The van der Waals surface area contributed by atoms with Gasteiger partial charge in [0.15, 0.2) is 0 Å². The molecule has 0 aromatic carbocycles. The molecule has 0 fully saturated rings. The van der Waals surface area contributed by atoms with Crippen LogP contribution in [-0.2, 0) is 0 Å². The molecule has 0 saturated heterocycles. The standard InChI is InChI=1S/C10H27N5.2C2H4/c1-9(5-2-3-7-11)10(15(13)14)6-4-8-12;2*1-2/h9-10H,2-8,11-14H2,1H3;2*1-2H2. The second kappa shape index (κ2) is 19.6. The molecule has 0 aliphatic carbocycles. The molecule has 5 nitrogen and oxygen atoms in total. The molecule has 5 heteroatoms. The molecule has 0 aliphatic heterocycles. The maximum atomic E-state index is 5.63. The van der Waals surface area contributed by atoms with E-state index < -0.39 is 0 Å². The molecule has 0 rings (SSSR count). The smallest absolute Gasteiger partial charge is 0.0421 e. The average molecular weight is 273 g/mol. The van der Waals surface area contributed by atoms with E-state index in [-0.39, 0.29) is 6.04 Å². The van der Waals surface area contributed by atoms with Gasteiger partial charge in [-0.15, -0.1) is 26.3 Å². The Labute approximate surface area is 119 Å². The Balaban J connectivity index is -0.000000579. The fourth-order valence-corrected chi connectivity index (χ4v) is 1.86. The van der Waals surface area contributed by atoms with E-state index in [0.717, 1.165) is 38.6 Å². The fourth-order valence-electron chi connectivity index (χ4n) is 1.86. The lowest BCUT2D eigenvalue weighted by molar-refractivity contribution is 0.134. The van der Waals surface area contributed by atoms with Crippen molar-refractivity contribution in [3.63, 3.8) is 0 Å². The summed E-state index contributed by atoms with van der Waals surface area (Å²) < 4.78 is 0. The minimum atomic E-state index is 0.228. The van der Waals surface area contributed by atoms with Gasteiger partial charge in [0.1, 0.15) is 0 Å². The van der Waals surface area contributed by atoms with E-state index in [9.17, 15) is 0 Å². The van der Waals surface area contributed by atoms with Crippen LogP contribution in [0.25, 0.3) is 0 Å². The summed E-state index contributed by atoms with van der Waals surface area (Å²) in [6.07, 6.45) is 5.27. The Hall–Kier alpha value is -0.720. The van der Waals surface area contributed by atoms with Crippen LogP contribution >= 0.6 is 0 Å². The van der Waals surface area contributed by atoms with Crippen molar-refractivity contribution in [2.75, 3.05) is 13.1 Å². The highest BCUT2D eigenvalue weighted by atomic mass is 15.6. The number of hydrogen-bond donors (Lipinski definition) is 4. The molecule has 0 aromatic rings. The Morgan fingerprint density at radius 3 is 1.68 bits per heavy atom. The number of hydrogen-bond acceptors (Lipinski definition) is 5. The summed E-state index contributed by atoms with van der Waals surface area (Å²) in [5.74, 6) is 11.8. The van der Waals surface area contributed by atoms with Gasteiger partial charge < -0.3 is 11.5 Å². The van der Waals surface area contributed by atoms with Crippen molar-refractivity contribution >= 4 is 0 Å². The van der Waals surface area contributed by atoms with Crippen LogP contribution in [0.1, 0.15) is 39.0 Å². The highest BCUT2D eigenvalue weighted by Crippen LogP contribution is 2.18. The molecular weight excluding hydrogens is 238 g/mol. The molecular formula is C14H35N5. The molecule has 2 atom stereocenters. The monoisotopic (exact) mass is 273 g/mol. The molecule has 0 spiro atoms. The van der Waals surface area contributed by atoms with Gasteiger partial charge in [-0.3, -0.25) is 11.7 Å². The number of rotatable bonds is 9.